The summed E-state index contributed by atoms with van der Waals surface area (Å²) in [6.07, 6.45) is 8.48. The summed E-state index contributed by atoms with van der Waals surface area (Å²) in [5, 5.41) is 6.64. The van der Waals surface area contributed by atoms with Crippen molar-refractivity contribution in [3.8, 4) is 0 Å². The lowest BCUT2D eigenvalue weighted by molar-refractivity contribution is -0.124. The lowest BCUT2D eigenvalue weighted by Crippen LogP contribution is -2.53. The standard InChI is InChI=1S/C14H25N3O.2ClH/c18-14(12-5-1-3-8-15-12)16-11-7-10-17-9-4-2-6-13(11)17;;/h11-13,15H,1-10H2,(H,16,18);2*1H/t11?,12-,13?;;/m0../s1. The zero-order chi connectivity index (χ0) is 12.4. The zero-order valence-corrected chi connectivity index (χ0v) is 13.6. The Morgan fingerprint density at radius 3 is 2.55 bits per heavy atom. The second-order valence-corrected chi connectivity index (χ2v) is 6.01. The van der Waals surface area contributed by atoms with Crippen LogP contribution in [0.4, 0.5) is 0 Å². The Morgan fingerprint density at radius 1 is 1.00 bits per heavy atom. The number of carbonyl (C=O) groups excluding carboxylic acids is 1. The molecule has 0 saturated carbocycles. The Kier molecular flexibility index (Phi) is 7.59. The van der Waals surface area contributed by atoms with E-state index in [1.165, 1.54) is 45.2 Å². The molecule has 3 atom stereocenters. The molecule has 2 N–H and O–H groups in total. The molecular weight excluding hydrogens is 297 g/mol. The normalized spacial score (nSPS) is 33.5. The number of amides is 1. The van der Waals surface area contributed by atoms with Gasteiger partial charge in [-0.15, -0.1) is 24.8 Å². The first kappa shape index (κ1) is 18.0. The predicted molar refractivity (Wildman–Crippen MR) is 85.9 cm³/mol. The molecule has 0 radical (unpaired) electrons. The fraction of sp³-hybridized carbons (Fsp3) is 0.929. The molecule has 2 unspecified atom stereocenters. The Balaban J connectivity index is 0.000001000. The Morgan fingerprint density at radius 2 is 1.80 bits per heavy atom. The second-order valence-electron chi connectivity index (χ2n) is 6.01. The van der Waals surface area contributed by atoms with Crippen LogP contribution in [-0.2, 0) is 4.79 Å². The van der Waals surface area contributed by atoms with E-state index in [0.717, 1.165) is 19.4 Å². The third-order valence-corrected chi connectivity index (χ3v) is 4.81. The first-order valence-corrected chi connectivity index (χ1v) is 7.62. The summed E-state index contributed by atoms with van der Waals surface area (Å²) in [5.41, 5.74) is 0. The molecule has 0 bridgehead atoms. The topological polar surface area (TPSA) is 44.4 Å². The van der Waals surface area contributed by atoms with Crippen LogP contribution in [0.15, 0.2) is 0 Å². The quantitative estimate of drug-likeness (QED) is 0.813. The molecule has 0 aliphatic carbocycles. The summed E-state index contributed by atoms with van der Waals surface area (Å²) >= 11 is 0. The Labute approximate surface area is 134 Å². The van der Waals surface area contributed by atoms with Gasteiger partial charge < -0.3 is 10.6 Å². The van der Waals surface area contributed by atoms with Crippen molar-refractivity contribution in [2.24, 2.45) is 0 Å². The lowest BCUT2D eigenvalue weighted by atomic mass is 9.98. The Hall–Kier alpha value is -0.0300. The smallest absolute Gasteiger partial charge is 0.237 e. The van der Waals surface area contributed by atoms with Crippen molar-refractivity contribution < 1.29 is 4.79 Å². The van der Waals surface area contributed by atoms with Gasteiger partial charge in [0, 0.05) is 18.6 Å². The summed E-state index contributed by atoms with van der Waals surface area (Å²) in [6, 6.07) is 1.09. The first-order chi connectivity index (χ1) is 8.84. The molecular formula is C14H27Cl2N3O. The summed E-state index contributed by atoms with van der Waals surface area (Å²) in [7, 11) is 0. The number of nitrogens with zero attached hydrogens (tertiary/aromatic N) is 1. The molecule has 6 heteroatoms. The van der Waals surface area contributed by atoms with Crippen molar-refractivity contribution in [2.75, 3.05) is 19.6 Å². The van der Waals surface area contributed by atoms with Gasteiger partial charge in [-0.1, -0.05) is 12.8 Å². The highest BCUT2D eigenvalue weighted by Gasteiger charge is 2.37. The van der Waals surface area contributed by atoms with Crippen LogP contribution in [0.25, 0.3) is 0 Å². The van der Waals surface area contributed by atoms with E-state index in [-0.39, 0.29) is 36.8 Å². The average Bonchev–Trinajstić information content (AvgIpc) is 2.83. The van der Waals surface area contributed by atoms with Gasteiger partial charge in [-0.05, 0) is 45.2 Å². The number of nitrogens with one attached hydrogen (secondary N) is 2. The zero-order valence-electron chi connectivity index (χ0n) is 12.0. The second kappa shape index (κ2) is 8.42. The first-order valence-electron chi connectivity index (χ1n) is 7.62. The maximum atomic E-state index is 12.2. The summed E-state index contributed by atoms with van der Waals surface area (Å²) in [4.78, 5) is 14.8. The molecule has 3 rings (SSSR count). The van der Waals surface area contributed by atoms with Gasteiger partial charge in [0.15, 0.2) is 0 Å². The van der Waals surface area contributed by atoms with Gasteiger partial charge in [-0.25, -0.2) is 0 Å². The molecule has 1 amide bonds. The highest BCUT2D eigenvalue weighted by Crippen LogP contribution is 2.27. The number of halogens is 2. The molecule has 118 valence electrons. The van der Waals surface area contributed by atoms with Crippen LogP contribution in [0, 0.1) is 0 Å². The van der Waals surface area contributed by atoms with Crippen molar-refractivity contribution >= 4 is 30.7 Å². The minimum Gasteiger partial charge on any atom is -0.350 e. The lowest BCUT2D eigenvalue weighted by Gasteiger charge is -2.33. The van der Waals surface area contributed by atoms with E-state index in [0.29, 0.717) is 12.1 Å². The molecule has 20 heavy (non-hydrogen) atoms. The summed E-state index contributed by atoms with van der Waals surface area (Å²) < 4.78 is 0. The maximum absolute atomic E-state index is 12.2. The minimum atomic E-state index is 0. The van der Waals surface area contributed by atoms with Gasteiger partial charge in [-0.2, -0.15) is 0 Å². The van der Waals surface area contributed by atoms with E-state index < -0.39 is 0 Å². The Bertz CT molecular complexity index is 311. The molecule has 3 fully saturated rings. The van der Waals surface area contributed by atoms with Crippen LogP contribution >= 0.6 is 24.8 Å². The number of hydrogen-bond donors (Lipinski definition) is 2. The average molecular weight is 324 g/mol. The fourth-order valence-corrected chi connectivity index (χ4v) is 3.77. The van der Waals surface area contributed by atoms with E-state index in [4.69, 9.17) is 0 Å². The molecule has 3 aliphatic rings. The van der Waals surface area contributed by atoms with Crippen LogP contribution in [0.1, 0.15) is 44.9 Å². The summed E-state index contributed by atoms with van der Waals surface area (Å²) in [6.45, 7) is 3.41. The van der Waals surface area contributed by atoms with Crippen LogP contribution in [-0.4, -0.2) is 48.6 Å². The molecule has 0 spiro atoms. The number of hydrogen-bond acceptors (Lipinski definition) is 3. The van der Waals surface area contributed by atoms with E-state index in [9.17, 15) is 4.79 Å². The number of fused-ring (bicyclic) bond motifs is 1. The maximum Gasteiger partial charge on any atom is 0.237 e. The van der Waals surface area contributed by atoms with Gasteiger partial charge in [0.05, 0.1) is 6.04 Å². The number of carbonyl (C=O) groups is 1. The molecule has 0 aromatic rings. The van der Waals surface area contributed by atoms with Crippen LogP contribution < -0.4 is 10.6 Å². The minimum absolute atomic E-state index is 0. The van der Waals surface area contributed by atoms with E-state index in [1.54, 1.807) is 0 Å². The van der Waals surface area contributed by atoms with Crippen molar-refractivity contribution in [3.05, 3.63) is 0 Å². The SMILES string of the molecule is Cl.Cl.O=C(NC1CCN2CCCCC12)[C@@H]1CCCCN1. The van der Waals surface area contributed by atoms with Gasteiger partial charge >= 0.3 is 0 Å². The van der Waals surface area contributed by atoms with Crippen LogP contribution in [0.2, 0.25) is 0 Å². The largest absolute Gasteiger partial charge is 0.350 e. The van der Waals surface area contributed by atoms with Crippen molar-refractivity contribution in [1.29, 1.82) is 0 Å². The van der Waals surface area contributed by atoms with Gasteiger partial charge in [0.25, 0.3) is 0 Å². The van der Waals surface area contributed by atoms with Gasteiger partial charge in [-0.3, -0.25) is 9.69 Å². The van der Waals surface area contributed by atoms with Crippen LogP contribution in [0.5, 0.6) is 0 Å². The van der Waals surface area contributed by atoms with Gasteiger partial charge in [0.1, 0.15) is 0 Å². The van der Waals surface area contributed by atoms with E-state index >= 15 is 0 Å². The molecule has 3 heterocycles. The van der Waals surface area contributed by atoms with Crippen molar-refractivity contribution in [1.82, 2.24) is 15.5 Å². The molecule has 4 nitrogen and oxygen atoms in total. The molecule has 0 aromatic carbocycles. The highest BCUT2D eigenvalue weighted by molar-refractivity contribution is 5.85. The summed E-state index contributed by atoms with van der Waals surface area (Å²) in [5.74, 6) is 0.243. The van der Waals surface area contributed by atoms with Crippen molar-refractivity contribution in [2.45, 2.75) is 63.1 Å². The van der Waals surface area contributed by atoms with Crippen molar-refractivity contribution in [3.63, 3.8) is 0 Å². The van der Waals surface area contributed by atoms with E-state index in [1.807, 2.05) is 0 Å². The monoisotopic (exact) mass is 323 g/mol. The predicted octanol–water partition coefficient (Wildman–Crippen LogP) is 1.72. The third kappa shape index (κ3) is 4.00. The molecule has 3 saturated heterocycles. The number of piperidine rings is 2. The third-order valence-electron chi connectivity index (χ3n) is 4.81. The van der Waals surface area contributed by atoms with E-state index in [2.05, 4.69) is 15.5 Å². The molecule has 3 aliphatic heterocycles. The van der Waals surface area contributed by atoms with Gasteiger partial charge in [0.2, 0.25) is 5.91 Å². The van der Waals surface area contributed by atoms with Crippen LogP contribution in [0.3, 0.4) is 0 Å². The number of rotatable bonds is 2. The fourth-order valence-electron chi connectivity index (χ4n) is 3.77. The molecule has 0 aromatic heterocycles. The highest BCUT2D eigenvalue weighted by atomic mass is 35.5.